The molecule has 3 rings (SSSR count). The third-order valence-electron chi connectivity index (χ3n) is 3.21. The van der Waals surface area contributed by atoms with Crippen molar-refractivity contribution in [3.63, 3.8) is 0 Å². The van der Waals surface area contributed by atoms with Crippen LogP contribution in [0.15, 0.2) is 30.6 Å². The predicted octanol–water partition coefficient (Wildman–Crippen LogP) is 1.87. The smallest absolute Gasteiger partial charge is 0.138 e. The van der Waals surface area contributed by atoms with E-state index >= 15 is 0 Å². The molecule has 1 aliphatic heterocycles. The van der Waals surface area contributed by atoms with Crippen molar-refractivity contribution in [1.29, 1.82) is 0 Å². The third-order valence-corrected chi connectivity index (χ3v) is 3.21. The molecule has 0 saturated carbocycles. The van der Waals surface area contributed by atoms with Crippen LogP contribution in [0.3, 0.4) is 0 Å². The second kappa shape index (κ2) is 5.24. The summed E-state index contributed by atoms with van der Waals surface area (Å²) in [6.45, 7) is 1.78. The van der Waals surface area contributed by atoms with Crippen molar-refractivity contribution in [2.75, 3.05) is 19.0 Å². The Morgan fingerprint density at radius 2 is 2.26 bits per heavy atom. The molecule has 0 atom stereocenters. The number of rotatable bonds is 3. The molecule has 5 nitrogen and oxygen atoms in total. The van der Waals surface area contributed by atoms with Crippen LogP contribution in [-0.2, 0) is 13.0 Å². The zero-order chi connectivity index (χ0) is 13.1. The number of fused-ring (bicyclic) bond motifs is 1. The number of aromatic nitrogens is 2. The highest BCUT2D eigenvalue weighted by atomic mass is 16.5. The SMILES string of the molecule is COc1cccc(Nc2ncnc3c2CNCC3)c1. The minimum atomic E-state index is 0.808. The Morgan fingerprint density at radius 3 is 3.16 bits per heavy atom. The molecule has 0 unspecified atom stereocenters. The van der Waals surface area contributed by atoms with E-state index in [1.54, 1.807) is 13.4 Å². The Kier molecular flexibility index (Phi) is 3.29. The molecule has 2 heterocycles. The van der Waals surface area contributed by atoms with Gasteiger partial charge in [0, 0.05) is 36.8 Å². The molecule has 0 fully saturated rings. The van der Waals surface area contributed by atoms with E-state index in [2.05, 4.69) is 20.6 Å². The Balaban J connectivity index is 1.90. The van der Waals surface area contributed by atoms with Crippen LogP contribution in [0, 0.1) is 0 Å². The first-order chi connectivity index (χ1) is 9.36. The largest absolute Gasteiger partial charge is 0.497 e. The van der Waals surface area contributed by atoms with Gasteiger partial charge >= 0.3 is 0 Å². The monoisotopic (exact) mass is 256 g/mol. The van der Waals surface area contributed by atoms with Crippen molar-refractivity contribution >= 4 is 11.5 Å². The van der Waals surface area contributed by atoms with E-state index in [1.807, 2.05) is 24.3 Å². The summed E-state index contributed by atoms with van der Waals surface area (Å²) in [5.74, 6) is 1.69. The molecule has 2 aromatic rings. The molecular formula is C14H16N4O. The minimum Gasteiger partial charge on any atom is -0.497 e. The fraction of sp³-hybridized carbons (Fsp3) is 0.286. The van der Waals surface area contributed by atoms with Gasteiger partial charge in [0.1, 0.15) is 17.9 Å². The maximum Gasteiger partial charge on any atom is 0.138 e. The van der Waals surface area contributed by atoms with Crippen molar-refractivity contribution in [1.82, 2.24) is 15.3 Å². The lowest BCUT2D eigenvalue weighted by Gasteiger charge is -2.19. The quantitative estimate of drug-likeness (QED) is 0.878. The zero-order valence-electron chi connectivity index (χ0n) is 10.8. The van der Waals surface area contributed by atoms with E-state index in [1.165, 1.54) is 0 Å². The Bertz CT molecular complexity index is 585. The zero-order valence-corrected chi connectivity index (χ0v) is 10.8. The topological polar surface area (TPSA) is 59.1 Å². The second-order valence-corrected chi connectivity index (χ2v) is 4.43. The number of hydrogen-bond donors (Lipinski definition) is 2. The van der Waals surface area contributed by atoms with Gasteiger partial charge in [0.25, 0.3) is 0 Å². The van der Waals surface area contributed by atoms with E-state index in [0.717, 1.165) is 48.0 Å². The summed E-state index contributed by atoms with van der Waals surface area (Å²) in [7, 11) is 1.66. The summed E-state index contributed by atoms with van der Waals surface area (Å²) < 4.78 is 5.22. The summed E-state index contributed by atoms with van der Waals surface area (Å²) >= 11 is 0. The molecule has 1 aliphatic rings. The molecule has 0 bridgehead atoms. The maximum absolute atomic E-state index is 5.22. The number of benzene rings is 1. The number of methoxy groups -OCH3 is 1. The van der Waals surface area contributed by atoms with Crippen LogP contribution in [0.25, 0.3) is 0 Å². The molecule has 0 spiro atoms. The fourth-order valence-corrected chi connectivity index (χ4v) is 2.22. The van der Waals surface area contributed by atoms with Gasteiger partial charge in [0.2, 0.25) is 0 Å². The number of ether oxygens (including phenoxy) is 1. The van der Waals surface area contributed by atoms with Crippen molar-refractivity contribution < 1.29 is 4.74 Å². The number of nitrogens with one attached hydrogen (secondary N) is 2. The fourth-order valence-electron chi connectivity index (χ4n) is 2.22. The highest BCUT2D eigenvalue weighted by Crippen LogP contribution is 2.24. The molecule has 1 aromatic carbocycles. The standard InChI is InChI=1S/C14H16N4O/c1-19-11-4-2-3-10(7-11)18-14-12-8-15-6-5-13(12)16-9-17-14/h2-4,7,9,15H,5-6,8H2,1H3,(H,16,17,18). The molecule has 5 heteroatoms. The van der Waals surface area contributed by atoms with Crippen LogP contribution < -0.4 is 15.4 Å². The molecule has 0 amide bonds. The highest BCUT2D eigenvalue weighted by molar-refractivity contribution is 5.61. The lowest BCUT2D eigenvalue weighted by Crippen LogP contribution is -2.25. The average Bonchev–Trinajstić information content (AvgIpc) is 2.48. The van der Waals surface area contributed by atoms with Gasteiger partial charge in [-0.2, -0.15) is 0 Å². The lowest BCUT2D eigenvalue weighted by atomic mass is 10.1. The molecule has 0 aliphatic carbocycles. The van der Waals surface area contributed by atoms with Gasteiger partial charge in [0.05, 0.1) is 12.8 Å². The average molecular weight is 256 g/mol. The Hall–Kier alpha value is -2.14. The first kappa shape index (κ1) is 11.9. The molecular weight excluding hydrogens is 240 g/mol. The van der Waals surface area contributed by atoms with Crippen LogP contribution >= 0.6 is 0 Å². The first-order valence-corrected chi connectivity index (χ1v) is 6.31. The second-order valence-electron chi connectivity index (χ2n) is 4.43. The van der Waals surface area contributed by atoms with Crippen LogP contribution in [0.2, 0.25) is 0 Å². The predicted molar refractivity (Wildman–Crippen MR) is 73.7 cm³/mol. The van der Waals surface area contributed by atoms with E-state index in [0.29, 0.717) is 0 Å². The van der Waals surface area contributed by atoms with Crippen molar-refractivity contribution in [2.24, 2.45) is 0 Å². The summed E-state index contributed by atoms with van der Waals surface area (Å²) in [5, 5.41) is 6.68. The molecule has 1 aromatic heterocycles. The molecule has 98 valence electrons. The Labute approximate surface area is 112 Å². The van der Waals surface area contributed by atoms with E-state index in [4.69, 9.17) is 4.74 Å². The van der Waals surface area contributed by atoms with Crippen molar-refractivity contribution in [3.05, 3.63) is 41.9 Å². The van der Waals surface area contributed by atoms with Crippen LogP contribution in [0.4, 0.5) is 11.5 Å². The summed E-state index contributed by atoms with van der Waals surface area (Å²) in [5.41, 5.74) is 3.24. The molecule has 0 saturated heterocycles. The molecule has 0 radical (unpaired) electrons. The molecule has 19 heavy (non-hydrogen) atoms. The van der Waals surface area contributed by atoms with Gasteiger partial charge in [-0.05, 0) is 12.1 Å². The van der Waals surface area contributed by atoms with Gasteiger partial charge in [-0.25, -0.2) is 9.97 Å². The van der Waals surface area contributed by atoms with Crippen LogP contribution in [0.5, 0.6) is 5.75 Å². The first-order valence-electron chi connectivity index (χ1n) is 6.31. The highest BCUT2D eigenvalue weighted by Gasteiger charge is 2.15. The van der Waals surface area contributed by atoms with Gasteiger partial charge < -0.3 is 15.4 Å². The van der Waals surface area contributed by atoms with Crippen LogP contribution in [-0.4, -0.2) is 23.6 Å². The Morgan fingerprint density at radius 1 is 1.32 bits per heavy atom. The van der Waals surface area contributed by atoms with Gasteiger partial charge in [0.15, 0.2) is 0 Å². The summed E-state index contributed by atoms with van der Waals surface area (Å²) in [4.78, 5) is 8.68. The van der Waals surface area contributed by atoms with Crippen molar-refractivity contribution in [3.8, 4) is 5.75 Å². The van der Waals surface area contributed by atoms with Crippen molar-refractivity contribution in [2.45, 2.75) is 13.0 Å². The number of anilines is 2. The van der Waals surface area contributed by atoms with Gasteiger partial charge in [-0.3, -0.25) is 0 Å². The minimum absolute atomic E-state index is 0.808. The number of nitrogens with zero attached hydrogens (tertiary/aromatic N) is 2. The lowest BCUT2D eigenvalue weighted by molar-refractivity contribution is 0.415. The third kappa shape index (κ3) is 2.51. The maximum atomic E-state index is 5.22. The number of hydrogen-bond acceptors (Lipinski definition) is 5. The van der Waals surface area contributed by atoms with Gasteiger partial charge in [-0.15, -0.1) is 0 Å². The van der Waals surface area contributed by atoms with Gasteiger partial charge in [-0.1, -0.05) is 6.07 Å². The van der Waals surface area contributed by atoms with E-state index in [9.17, 15) is 0 Å². The van der Waals surface area contributed by atoms with E-state index < -0.39 is 0 Å². The normalized spacial score (nSPS) is 13.7. The van der Waals surface area contributed by atoms with E-state index in [-0.39, 0.29) is 0 Å². The molecule has 2 N–H and O–H groups in total. The summed E-state index contributed by atoms with van der Waals surface area (Å²) in [6.07, 6.45) is 2.57. The van der Waals surface area contributed by atoms with Crippen LogP contribution in [0.1, 0.15) is 11.3 Å². The summed E-state index contributed by atoms with van der Waals surface area (Å²) in [6, 6.07) is 7.81.